The summed E-state index contributed by atoms with van der Waals surface area (Å²) in [4.78, 5) is 14.3. The Morgan fingerprint density at radius 3 is 0.763 bits per heavy atom. The fourth-order valence-electron chi connectivity index (χ4n) is 4.58. The van der Waals surface area contributed by atoms with E-state index in [0.717, 1.165) is 11.1 Å². The zero-order valence-electron chi connectivity index (χ0n) is 19.9. The number of hydrogen-bond acceptors (Lipinski definition) is 5. The summed E-state index contributed by atoms with van der Waals surface area (Å²) in [5.74, 6) is -0.196. The molecule has 0 radical (unpaired) electrons. The number of benzene rings is 4. The van der Waals surface area contributed by atoms with E-state index in [1.165, 1.54) is 0 Å². The quantitative estimate of drug-likeness (QED) is 0.338. The van der Waals surface area contributed by atoms with Gasteiger partial charge in [0.15, 0.2) is 5.78 Å². The van der Waals surface area contributed by atoms with Gasteiger partial charge in [0, 0.05) is 22.3 Å². The van der Waals surface area contributed by atoms with Crippen LogP contribution >= 0.6 is 0 Å². The number of nitrogens with zero attached hydrogens (tertiary/aromatic N) is 4. The molecule has 1 aliphatic rings. The molecule has 0 fully saturated rings. The van der Waals surface area contributed by atoms with Crippen molar-refractivity contribution >= 4 is 28.1 Å². The first-order valence-corrected chi connectivity index (χ1v) is 11.6. The Labute approximate surface area is 219 Å². The Balaban J connectivity index is 1.85. The predicted molar refractivity (Wildman–Crippen MR) is 143 cm³/mol. The Kier molecular flexibility index (Phi) is 6.20. The van der Waals surface area contributed by atoms with Crippen molar-refractivity contribution in [3.63, 3.8) is 0 Å². The Morgan fingerprint density at radius 1 is 0.342 bits per heavy atom. The van der Waals surface area contributed by atoms with Crippen LogP contribution in [-0.4, -0.2) is 5.78 Å². The molecule has 0 atom stereocenters. The van der Waals surface area contributed by atoms with Crippen molar-refractivity contribution in [3.8, 4) is 24.3 Å². The SMILES string of the molecule is N#Cc1ccc(C2=C(c3ccc(C#N)cc3)C(c3ccc(C#N)cc3)=C(c3ccc(C#N)cc3)C2=O)cc1. The van der Waals surface area contributed by atoms with Gasteiger partial charge in [-0.3, -0.25) is 4.79 Å². The third kappa shape index (κ3) is 4.14. The molecule has 5 rings (SSSR count). The molecule has 4 aromatic carbocycles. The van der Waals surface area contributed by atoms with Crippen LogP contribution in [0.4, 0.5) is 0 Å². The Hall–Kier alpha value is -6.01. The maximum Gasteiger partial charge on any atom is 0.195 e. The summed E-state index contributed by atoms with van der Waals surface area (Å²) >= 11 is 0. The van der Waals surface area contributed by atoms with E-state index in [9.17, 15) is 25.8 Å². The second-order valence-corrected chi connectivity index (χ2v) is 8.59. The van der Waals surface area contributed by atoms with Gasteiger partial charge in [0.05, 0.1) is 46.5 Å². The fourth-order valence-corrected chi connectivity index (χ4v) is 4.58. The lowest BCUT2D eigenvalue weighted by Gasteiger charge is -2.14. The minimum atomic E-state index is -0.196. The number of carbonyl (C=O) groups is 1. The summed E-state index contributed by atoms with van der Waals surface area (Å²) in [5.41, 5.74) is 7.08. The molecule has 0 aromatic heterocycles. The topological polar surface area (TPSA) is 112 Å². The van der Waals surface area contributed by atoms with Crippen molar-refractivity contribution in [1.82, 2.24) is 0 Å². The normalized spacial score (nSPS) is 12.5. The number of rotatable bonds is 4. The lowest BCUT2D eigenvalue weighted by atomic mass is 9.88. The number of Topliss-reactive ketones (excluding diaryl/α,β-unsaturated/α-hetero) is 1. The first kappa shape index (κ1) is 23.7. The highest BCUT2D eigenvalue weighted by Gasteiger charge is 2.35. The molecule has 0 bridgehead atoms. The molecular formula is C33H16N4O. The van der Waals surface area contributed by atoms with Gasteiger partial charge in [0.1, 0.15) is 0 Å². The highest BCUT2D eigenvalue weighted by atomic mass is 16.1. The average molecular weight is 485 g/mol. The molecule has 5 heteroatoms. The van der Waals surface area contributed by atoms with Crippen molar-refractivity contribution in [2.45, 2.75) is 0 Å². The van der Waals surface area contributed by atoms with Crippen LogP contribution in [0.15, 0.2) is 97.1 Å². The number of allylic oxidation sites excluding steroid dienone is 4. The molecule has 0 unspecified atom stereocenters. The second kappa shape index (κ2) is 9.93. The summed E-state index contributed by atoms with van der Waals surface area (Å²) in [6.45, 7) is 0. The molecule has 0 saturated carbocycles. The van der Waals surface area contributed by atoms with E-state index in [4.69, 9.17) is 0 Å². The van der Waals surface area contributed by atoms with Crippen LogP contribution in [0.5, 0.6) is 0 Å². The largest absolute Gasteiger partial charge is 0.289 e. The highest BCUT2D eigenvalue weighted by molar-refractivity contribution is 6.59. The molecule has 0 heterocycles. The van der Waals surface area contributed by atoms with Crippen molar-refractivity contribution in [2.75, 3.05) is 0 Å². The van der Waals surface area contributed by atoms with E-state index in [2.05, 4.69) is 24.3 Å². The maximum absolute atomic E-state index is 14.3. The molecular weight excluding hydrogens is 468 g/mol. The third-order valence-corrected chi connectivity index (χ3v) is 6.41. The average Bonchev–Trinajstić information content (AvgIpc) is 3.29. The zero-order valence-corrected chi connectivity index (χ0v) is 19.9. The lowest BCUT2D eigenvalue weighted by Crippen LogP contribution is -2.02. The van der Waals surface area contributed by atoms with Crippen LogP contribution < -0.4 is 0 Å². The molecule has 0 N–H and O–H groups in total. The summed E-state index contributed by atoms with van der Waals surface area (Å²) in [5, 5.41) is 37.2. The molecule has 5 nitrogen and oxygen atoms in total. The molecule has 1 aliphatic carbocycles. The van der Waals surface area contributed by atoms with Gasteiger partial charge < -0.3 is 0 Å². The van der Waals surface area contributed by atoms with Crippen LogP contribution in [0.3, 0.4) is 0 Å². The predicted octanol–water partition coefficient (Wildman–Crippen LogP) is 6.28. The number of nitriles is 4. The van der Waals surface area contributed by atoms with Gasteiger partial charge in [-0.25, -0.2) is 0 Å². The monoisotopic (exact) mass is 484 g/mol. The summed E-state index contributed by atoms with van der Waals surface area (Å²) in [6.07, 6.45) is 0. The van der Waals surface area contributed by atoms with E-state index in [1.54, 1.807) is 72.8 Å². The van der Waals surface area contributed by atoms with Crippen LogP contribution in [0, 0.1) is 45.3 Å². The Bertz CT molecular complexity index is 1680. The van der Waals surface area contributed by atoms with Crippen molar-refractivity contribution in [3.05, 3.63) is 142 Å². The first-order chi connectivity index (χ1) is 18.6. The fraction of sp³-hybridized carbons (Fsp3) is 0. The third-order valence-electron chi connectivity index (χ3n) is 6.41. The summed E-state index contributed by atoms with van der Waals surface area (Å²) in [7, 11) is 0. The zero-order chi connectivity index (χ0) is 26.6. The van der Waals surface area contributed by atoms with Gasteiger partial charge in [0.25, 0.3) is 0 Å². The van der Waals surface area contributed by atoms with Crippen LogP contribution in [-0.2, 0) is 4.79 Å². The van der Waals surface area contributed by atoms with Gasteiger partial charge >= 0.3 is 0 Å². The van der Waals surface area contributed by atoms with Crippen molar-refractivity contribution < 1.29 is 4.79 Å². The van der Waals surface area contributed by atoms with E-state index < -0.39 is 0 Å². The Morgan fingerprint density at radius 2 is 0.553 bits per heavy atom. The van der Waals surface area contributed by atoms with Gasteiger partial charge in [-0.15, -0.1) is 0 Å². The lowest BCUT2D eigenvalue weighted by molar-refractivity contribution is -0.108. The molecule has 38 heavy (non-hydrogen) atoms. The molecule has 0 saturated heterocycles. The minimum absolute atomic E-state index is 0.196. The van der Waals surface area contributed by atoms with Crippen LogP contribution in [0.2, 0.25) is 0 Å². The number of ketones is 1. The number of carbonyl (C=O) groups excluding carboxylic acids is 1. The van der Waals surface area contributed by atoms with Gasteiger partial charge in [-0.1, -0.05) is 48.5 Å². The van der Waals surface area contributed by atoms with E-state index in [-0.39, 0.29) is 5.78 Å². The smallest absolute Gasteiger partial charge is 0.195 e. The molecule has 4 aromatic rings. The molecule has 174 valence electrons. The van der Waals surface area contributed by atoms with Gasteiger partial charge in [-0.05, 0) is 70.8 Å². The summed E-state index contributed by atoms with van der Waals surface area (Å²) < 4.78 is 0. The molecule has 0 amide bonds. The second-order valence-electron chi connectivity index (χ2n) is 8.59. The minimum Gasteiger partial charge on any atom is -0.289 e. The van der Waals surface area contributed by atoms with Crippen LogP contribution in [0.1, 0.15) is 44.5 Å². The summed E-state index contributed by atoms with van der Waals surface area (Å²) in [6, 6.07) is 36.3. The van der Waals surface area contributed by atoms with Gasteiger partial charge in [-0.2, -0.15) is 21.0 Å². The van der Waals surface area contributed by atoms with Crippen LogP contribution in [0.25, 0.3) is 22.3 Å². The first-order valence-electron chi connectivity index (χ1n) is 11.6. The number of hydrogen-bond donors (Lipinski definition) is 0. The van der Waals surface area contributed by atoms with Gasteiger partial charge in [0.2, 0.25) is 0 Å². The standard InChI is InChI=1S/C33H16N4O/c34-17-21-1-9-25(10-2-21)29-30(26-11-3-22(18-35)4-12-26)32(28-15-7-24(20-37)8-16-28)33(38)31(29)27-13-5-23(19-36)6-14-27/h1-16H. The van der Waals surface area contributed by atoms with Crippen molar-refractivity contribution in [2.24, 2.45) is 0 Å². The highest BCUT2D eigenvalue weighted by Crippen LogP contribution is 2.49. The van der Waals surface area contributed by atoms with E-state index in [0.29, 0.717) is 55.7 Å². The van der Waals surface area contributed by atoms with E-state index >= 15 is 0 Å². The molecule has 0 aliphatic heterocycles. The maximum atomic E-state index is 14.3. The van der Waals surface area contributed by atoms with E-state index in [1.807, 2.05) is 24.3 Å². The molecule has 0 spiro atoms. The van der Waals surface area contributed by atoms with Crippen molar-refractivity contribution in [1.29, 1.82) is 21.0 Å².